The lowest BCUT2D eigenvalue weighted by Crippen LogP contribution is -2.20. The number of aromatic nitrogens is 3. The standard InChI is InChI=1S/C20H24N4O2S/c1-2-26-18-10-8-17(9-11-18)24-19(16-6-4-3-5-7-16)22-23-20(24)27-15-13-21-12-14-25/h3-11,21,25H,2,12-15H2,1H3. The van der Waals surface area contributed by atoms with E-state index < -0.39 is 0 Å². The second kappa shape index (κ2) is 10.1. The van der Waals surface area contributed by atoms with Gasteiger partial charge in [0, 0.05) is 30.1 Å². The maximum atomic E-state index is 8.86. The summed E-state index contributed by atoms with van der Waals surface area (Å²) in [5.74, 6) is 2.49. The van der Waals surface area contributed by atoms with E-state index in [2.05, 4.69) is 20.1 Å². The van der Waals surface area contributed by atoms with E-state index >= 15 is 0 Å². The van der Waals surface area contributed by atoms with Crippen molar-refractivity contribution >= 4 is 11.8 Å². The van der Waals surface area contributed by atoms with Gasteiger partial charge in [0.25, 0.3) is 0 Å². The molecule has 0 atom stereocenters. The van der Waals surface area contributed by atoms with Crippen molar-refractivity contribution in [2.75, 3.05) is 32.1 Å². The summed E-state index contributed by atoms with van der Waals surface area (Å²) in [6.07, 6.45) is 0. The Morgan fingerprint density at radius 2 is 1.81 bits per heavy atom. The van der Waals surface area contributed by atoms with E-state index in [0.29, 0.717) is 13.2 Å². The number of ether oxygens (including phenoxy) is 1. The molecule has 0 radical (unpaired) electrons. The minimum Gasteiger partial charge on any atom is -0.494 e. The van der Waals surface area contributed by atoms with Crippen LogP contribution in [-0.4, -0.2) is 51.9 Å². The van der Waals surface area contributed by atoms with Crippen LogP contribution in [0.15, 0.2) is 59.8 Å². The molecule has 0 aliphatic heterocycles. The molecule has 1 aromatic heterocycles. The van der Waals surface area contributed by atoms with Crippen molar-refractivity contribution in [3.63, 3.8) is 0 Å². The van der Waals surface area contributed by atoms with Gasteiger partial charge < -0.3 is 15.2 Å². The van der Waals surface area contributed by atoms with Crippen LogP contribution in [0.25, 0.3) is 17.1 Å². The Bertz CT molecular complexity index is 822. The second-order valence-corrected chi connectivity index (χ2v) is 6.82. The van der Waals surface area contributed by atoms with Crippen LogP contribution in [0.3, 0.4) is 0 Å². The van der Waals surface area contributed by atoms with E-state index in [1.54, 1.807) is 11.8 Å². The van der Waals surface area contributed by atoms with Crippen LogP contribution in [-0.2, 0) is 0 Å². The van der Waals surface area contributed by atoms with Crippen LogP contribution in [0.2, 0.25) is 0 Å². The number of nitrogens with zero attached hydrogens (tertiary/aromatic N) is 3. The SMILES string of the molecule is CCOc1ccc(-n2c(SCCNCCO)nnc2-c2ccccc2)cc1. The van der Waals surface area contributed by atoms with Gasteiger partial charge in [-0.3, -0.25) is 4.57 Å². The van der Waals surface area contributed by atoms with Crippen molar-refractivity contribution in [2.24, 2.45) is 0 Å². The molecule has 142 valence electrons. The first-order valence-electron chi connectivity index (χ1n) is 9.02. The highest BCUT2D eigenvalue weighted by atomic mass is 32.2. The van der Waals surface area contributed by atoms with Gasteiger partial charge in [0.05, 0.1) is 13.2 Å². The maximum Gasteiger partial charge on any atom is 0.196 e. The van der Waals surface area contributed by atoms with Gasteiger partial charge in [0.1, 0.15) is 5.75 Å². The van der Waals surface area contributed by atoms with E-state index in [-0.39, 0.29) is 6.61 Å². The topological polar surface area (TPSA) is 72.2 Å². The molecule has 3 rings (SSSR count). The summed E-state index contributed by atoms with van der Waals surface area (Å²) in [5, 5.41) is 21.7. The van der Waals surface area contributed by atoms with Gasteiger partial charge in [-0.05, 0) is 31.2 Å². The van der Waals surface area contributed by atoms with Gasteiger partial charge in [-0.15, -0.1) is 10.2 Å². The maximum absolute atomic E-state index is 8.86. The summed E-state index contributed by atoms with van der Waals surface area (Å²) in [5.41, 5.74) is 2.01. The summed E-state index contributed by atoms with van der Waals surface area (Å²) >= 11 is 1.64. The summed E-state index contributed by atoms with van der Waals surface area (Å²) in [7, 11) is 0. The monoisotopic (exact) mass is 384 g/mol. The molecule has 2 N–H and O–H groups in total. The fourth-order valence-corrected chi connectivity index (χ4v) is 3.50. The lowest BCUT2D eigenvalue weighted by molar-refractivity contribution is 0.294. The lowest BCUT2D eigenvalue weighted by atomic mass is 10.2. The normalized spacial score (nSPS) is 10.9. The number of aliphatic hydroxyl groups excluding tert-OH is 1. The van der Waals surface area contributed by atoms with Crippen molar-refractivity contribution in [3.05, 3.63) is 54.6 Å². The number of hydrogen-bond donors (Lipinski definition) is 2. The molecule has 0 unspecified atom stereocenters. The number of rotatable bonds is 10. The van der Waals surface area contributed by atoms with Crippen molar-refractivity contribution in [1.82, 2.24) is 20.1 Å². The van der Waals surface area contributed by atoms with Crippen LogP contribution >= 0.6 is 11.8 Å². The molecule has 6 nitrogen and oxygen atoms in total. The smallest absolute Gasteiger partial charge is 0.196 e. The van der Waals surface area contributed by atoms with Gasteiger partial charge >= 0.3 is 0 Å². The number of benzene rings is 2. The Hall–Kier alpha value is -2.35. The van der Waals surface area contributed by atoms with Crippen LogP contribution in [0.5, 0.6) is 5.75 Å². The molecule has 0 aliphatic carbocycles. The lowest BCUT2D eigenvalue weighted by Gasteiger charge is -2.11. The largest absolute Gasteiger partial charge is 0.494 e. The zero-order chi connectivity index (χ0) is 18.9. The molecule has 0 spiro atoms. The first-order valence-corrected chi connectivity index (χ1v) is 10.0. The van der Waals surface area contributed by atoms with Gasteiger partial charge in [-0.2, -0.15) is 0 Å². The van der Waals surface area contributed by atoms with Crippen LogP contribution in [0.1, 0.15) is 6.92 Å². The fourth-order valence-electron chi connectivity index (χ4n) is 2.65. The summed E-state index contributed by atoms with van der Waals surface area (Å²) in [6.45, 7) is 4.15. The van der Waals surface area contributed by atoms with E-state index in [0.717, 1.165) is 40.3 Å². The molecular formula is C20H24N4O2S. The second-order valence-electron chi connectivity index (χ2n) is 5.76. The van der Waals surface area contributed by atoms with Crippen LogP contribution in [0, 0.1) is 0 Å². The first-order chi connectivity index (χ1) is 13.3. The van der Waals surface area contributed by atoms with Gasteiger partial charge in [0.2, 0.25) is 0 Å². The average Bonchev–Trinajstić information content (AvgIpc) is 3.13. The van der Waals surface area contributed by atoms with Crippen LogP contribution in [0.4, 0.5) is 0 Å². The third-order valence-electron chi connectivity index (χ3n) is 3.87. The molecule has 0 bridgehead atoms. The Labute approximate surface area is 163 Å². The van der Waals surface area contributed by atoms with E-state index in [9.17, 15) is 0 Å². The predicted molar refractivity (Wildman–Crippen MR) is 109 cm³/mol. The highest BCUT2D eigenvalue weighted by Crippen LogP contribution is 2.28. The van der Waals surface area contributed by atoms with Gasteiger partial charge in [-0.1, -0.05) is 42.1 Å². The molecule has 1 heterocycles. The fraction of sp³-hybridized carbons (Fsp3) is 0.300. The molecule has 0 saturated carbocycles. The summed E-state index contributed by atoms with van der Waals surface area (Å²) < 4.78 is 7.62. The Balaban J connectivity index is 1.88. The highest BCUT2D eigenvalue weighted by Gasteiger charge is 2.16. The Kier molecular flexibility index (Phi) is 7.27. The number of aliphatic hydroxyl groups is 1. The minimum absolute atomic E-state index is 0.144. The van der Waals surface area contributed by atoms with E-state index in [1.807, 2.05) is 61.5 Å². The summed E-state index contributed by atoms with van der Waals surface area (Å²) in [6, 6.07) is 18.0. The molecule has 0 fully saturated rings. The summed E-state index contributed by atoms with van der Waals surface area (Å²) in [4.78, 5) is 0. The number of nitrogens with one attached hydrogen (secondary N) is 1. The molecule has 3 aromatic rings. The van der Waals surface area contributed by atoms with E-state index in [4.69, 9.17) is 9.84 Å². The van der Waals surface area contributed by atoms with Crippen molar-refractivity contribution in [1.29, 1.82) is 0 Å². The zero-order valence-corrected chi connectivity index (χ0v) is 16.2. The van der Waals surface area contributed by atoms with Crippen LogP contribution < -0.4 is 10.1 Å². The van der Waals surface area contributed by atoms with Gasteiger partial charge in [-0.25, -0.2) is 0 Å². The first kappa shape index (κ1) is 19.4. The van der Waals surface area contributed by atoms with Crippen molar-refractivity contribution < 1.29 is 9.84 Å². The molecule has 2 aromatic carbocycles. The molecule has 0 amide bonds. The minimum atomic E-state index is 0.144. The van der Waals surface area contributed by atoms with E-state index in [1.165, 1.54) is 0 Å². The quantitative estimate of drug-likeness (QED) is 0.414. The molecule has 7 heteroatoms. The van der Waals surface area contributed by atoms with Gasteiger partial charge in [0.15, 0.2) is 11.0 Å². The molecule has 27 heavy (non-hydrogen) atoms. The zero-order valence-electron chi connectivity index (χ0n) is 15.3. The number of hydrogen-bond acceptors (Lipinski definition) is 6. The Morgan fingerprint density at radius 1 is 1.04 bits per heavy atom. The molecule has 0 aliphatic rings. The molecular weight excluding hydrogens is 360 g/mol. The van der Waals surface area contributed by atoms with Crippen molar-refractivity contribution in [3.8, 4) is 22.8 Å². The Morgan fingerprint density at radius 3 is 2.52 bits per heavy atom. The average molecular weight is 385 g/mol. The third-order valence-corrected chi connectivity index (χ3v) is 4.80. The third kappa shape index (κ3) is 5.09. The predicted octanol–water partition coefficient (Wildman–Crippen LogP) is 3.01. The molecule has 0 saturated heterocycles. The number of thioether (sulfide) groups is 1. The van der Waals surface area contributed by atoms with Crippen molar-refractivity contribution in [2.45, 2.75) is 12.1 Å². The highest BCUT2D eigenvalue weighted by molar-refractivity contribution is 7.99.